The van der Waals surface area contributed by atoms with Gasteiger partial charge in [-0.25, -0.2) is 8.78 Å². The molecule has 19 heavy (non-hydrogen) atoms. The lowest BCUT2D eigenvalue weighted by Gasteiger charge is -2.18. The number of carbonyl (C=O) groups is 2. The summed E-state index contributed by atoms with van der Waals surface area (Å²) in [7, 11) is 1.09. The first-order valence-corrected chi connectivity index (χ1v) is 5.28. The summed E-state index contributed by atoms with van der Waals surface area (Å²) < 4.78 is 31.1. The topological polar surface area (TPSA) is 83.8 Å². The van der Waals surface area contributed by atoms with Gasteiger partial charge in [-0.15, -0.1) is 0 Å². The molecule has 2 unspecified atom stereocenters. The molecule has 0 radical (unpaired) electrons. The zero-order valence-corrected chi connectivity index (χ0v) is 9.97. The van der Waals surface area contributed by atoms with Crippen molar-refractivity contribution in [1.29, 1.82) is 0 Å². The molecule has 0 fully saturated rings. The summed E-state index contributed by atoms with van der Waals surface area (Å²) >= 11 is 0. The molecule has 1 aromatic carbocycles. The minimum atomic E-state index is -1.78. The molecule has 0 aromatic heterocycles. The maximum atomic E-state index is 13.7. The van der Waals surface area contributed by atoms with Crippen molar-refractivity contribution >= 4 is 12.3 Å². The number of aliphatic hydroxyl groups is 2. The van der Waals surface area contributed by atoms with Crippen molar-refractivity contribution in [3.05, 3.63) is 34.9 Å². The van der Waals surface area contributed by atoms with Crippen LogP contribution in [0.5, 0.6) is 0 Å². The number of halogens is 2. The molecule has 0 saturated carbocycles. The molecule has 7 heteroatoms. The van der Waals surface area contributed by atoms with Crippen LogP contribution in [0.1, 0.15) is 28.4 Å². The first-order chi connectivity index (χ1) is 8.92. The molecular formula is C12H12F2O5. The average molecular weight is 274 g/mol. The molecule has 0 heterocycles. The molecule has 0 aliphatic carbocycles. The highest BCUT2D eigenvalue weighted by atomic mass is 19.1. The molecule has 0 amide bonds. The number of hydrogen-bond donors (Lipinski definition) is 2. The number of benzene rings is 1. The quantitative estimate of drug-likeness (QED) is 0.611. The highest BCUT2D eigenvalue weighted by Crippen LogP contribution is 2.25. The van der Waals surface area contributed by atoms with Gasteiger partial charge >= 0.3 is 5.97 Å². The zero-order chi connectivity index (χ0) is 14.6. The summed E-state index contributed by atoms with van der Waals surface area (Å²) in [6.45, 7) is 0. The third-order valence-corrected chi connectivity index (χ3v) is 2.56. The molecule has 104 valence electrons. The Morgan fingerprint density at radius 2 is 2.05 bits per heavy atom. The van der Waals surface area contributed by atoms with Crippen molar-refractivity contribution in [2.75, 3.05) is 7.11 Å². The minimum Gasteiger partial charge on any atom is -0.469 e. The summed E-state index contributed by atoms with van der Waals surface area (Å²) in [5.74, 6) is -3.15. The molecule has 0 spiro atoms. The molecule has 1 rings (SSSR count). The minimum absolute atomic E-state index is 0.0342. The molecule has 0 aliphatic rings. The number of rotatable bonds is 5. The van der Waals surface area contributed by atoms with Crippen molar-refractivity contribution in [3.8, 4) is 0 Å². The van der Waals surface area contributed by atoms with Crippen molar-refractivity contribution < 1.29 is 33.3 Å². The van der Waals surface area contributed by atoms with Gasteiger partial charge in [0.25, 0.3) is 0 Å². The molecule has 2 N–H and O–H groups in total. The van der Waals surface area contributed by atoms with E-state index in [1.165, 1.54) is 0 Å². The summed E-state index contributed by atoms with van der Waals surface area (Å²) in [6.07, 6.45) is -4.01. The highest BCUT2D eigenvalue weighted by Gasteiger charge is 2.26. The van der Waals surface area contributed by atoms with Gasteiger partial charge in [0.2, 0.25) is 0 Å². The second kappa shape index (κ2) is 6.35. The predicted octanol–water partition coefficient (Wildman–Crippen LogP) is 0.735. The van der Waals surface area contributed by atoms with E-state index in [2.05, 4.69) is 4.74 Å². The second-order valence-electron chi connectivity index (χ2n) is 3.77. The van der Waals surface area contributed by atoms with Crippen LogP contribution in [0.25, 0.3) is 0 Å². The summed E-state index contributed by atoms with van der Waals surface area (Å²) in [4.78, 5) is 21.4. The second-order valence-corrected chi connectivity index (χ2v) is 3.77. The number of ether oxygens (including phenoxy) is 1. The van der Waals surface area contributed by atoms with E-state index in [0.717, 1.165) is 19.2 Å². The van der Waals surface area contributed by atoms with E-state index in [9.17, 15) is 28.6 Å². The van der Waals surface area contributed by atoms with Crippen molar-refractivity contribution in [3.63, 3.8) is 0 Å². The van der Waals surface area contributed by atoms with Crippen molar-refractivity contribution in [1.82, 2.24) is 0 Å². The fourth-order valence-corrected chi connectivity index (χ4v) is 1.50. The van der Waals surface area contributed by atoms with Crippen LogP contribution in [0.4, 0.5) is 8.78 Å². The Morgan fingerprint density at radius 1 is 1.42 bits per heavy atom. The van der Waals surface area contributed by atoms with Crippen LogP contribution < -0.4 is 0 Å². The maximum Gasteiger partial charge on any atom is 0.308 e. The van der Waals surface area contributed by atoms with Crippen LogP contribution in [-0.2, 0) is 9.53 Å². The van der Waals surface area contributed by atoms with E-state index in [1.807, 2.05) is 0 Å². The van der Waals surface area contributed by atoms with Crippen LogP contribution >= 0.6 is 0 Å². The Kier molecular flexibility index (Phi) is 5.08. The maximum absolute atomic E-state index is 13.7. The lowest BCUT2D eigenvalue weighted by Crippen LogP contribution is -2.23. The fraction of sp³-hybridized carbons (Fsp3) is 0.333. The monoisotopic (exact) mass is 274 g/mol. The summed E-state index contributed by atoms with van der Waals surface area (Å²) in [5, 5.41) is 19.2. The largest absolute Gasteiger partial charge is 0.469 e. The molecule has 1 aromatic rings. The van der Waals surface area contributed by atoms with Gasteiger partial charge in [0, 0.05) is 5.56 Å². The standard InChI is InChI=1S/C12H12F2O5/c1-19-10(17)4-9(16)12(18)6-2-3-8(13)7(5-15)11(6)14/h2-3,5,9,12,16,18H,4H2,1H3. The number of methoxy groups -OCH3 is 1. The average Bonchev–Trinajstić information content (AvgIpc) is 2.38. The summed E-state index contributed by atoms with van der Waals surface area (Å²) in [5.41, 5.74) is -1.32. The van der Waals surface area contributed by atoms with Gasteiger partial charge in [-0.3, -0.25) is 9.59 Å². The number of hydrogen-bond acceptors (Lipinski definition) is 5. The van der Waals surface area contributed by atoms with E-state index in [0.29, 0.717) is 0 Å². The fourth-order valence-electron chi connectivity index (χ4n) is 1.50. The van der Waals surface area contributed by atoms with Gasteiger partial charge < -0.3 is 14.9 Å². The van der Waals surface area contributed by atoms with E-state index < -0.39 is 47.4 Å². The molecule has 0 bridgehead atoms. The molecular weight excluding hydrogens is 262 g/mol. The first kappa shape index (κ1) is 15.2. The molecule has 5 nitrogen and oxygen atoms in total. The normalized spacial score (nSPS) is 13.7. The number of esters is 1. The third kappa shape index (κ3) is 3.33. The molecule has 2 atom stereocenters. The van der Waals surface area contributed by atoms with E-state index >= 15 is 0 Å². The van der Waals surface area contributed by atoms with Gasteiger partial charge in [0.05, 0.1) is 25.2 Å². The van der Waals surface area contributed by atoms with E-state index in [-0.39, 0.29) is 6.29 Å². The Hall–Kier alpha value is -1.86. The van der Waals surface area contributed by atoms with Crippen LogP contribution in [0.15, 0.2) is 12.1 Å². The van der Waals surface area contributed by atoms with Crippen molar-refractivity contribution in [2.24, 2.45) is 0 Å². The van der Waals surface area contributed by atoms with E-state index in [1.54, 1.807) is 0 Å². The first-order valence-electron chi connectivity index (χ1n) is 5.28. The lowest BCUT2D eigenvalue weighted by atomic mass is 9.99. The summed E-state index contributed by atoms with van der Waals surface area (Å²) in [6, 6.07) is 1.68. The van der Waals surface area contributed by atoms with Gasteiger partial charge in [0.15, 0.2) is 6.29 Å². The third-order valence-electron chi connectivity index (χ3n) is 2.56. The van der Waals surface area contributed by atoms with Crippen LogP contribution in [0.3, 0.4) is 0 Å². The van der Waals surface area contributed by atoms with Crippen molar-refractivity contribution in [2.45, 2.75) is 18.6 Å². The van der Waals surface area contributed by atoms with Gasteiger partial charge in [-0.2, -0.15) is 0 Å². The Bertz CT molecular complexity index is 489. The highest BCUT2D eigenvalue weighted by molar-refractivity contribution is 5.76. The SMILES string of the molecule is COC(=O)CC(O)C(O)c1ccc(F)c(C=O)c1F. The smallest absolute Gasteiger partial charge is 0.308 e. The number of aldehydes is 1. The van der Waals surface area contributed by atoms with Crippen LogP contribution in [0.2, 0.25) is 0 Å². The molecule has 0 saturated heterocycles. The number of aliphatic hydroxyl groups excluding tert-OH is 2. The Balaban J connectivity index is 3.03. The molecule has 0 aliphatic heterocycles. The Labute approximate surface area is 107 Å². The van der Waals surface area contributed by atoms with Gasteiger partial charge in [-0.05, 0) is 6.07 Å². The predicted molar refractivity (Wildman–Crippen MR) is 59.3 cm³/mol. The van der Waals surface area contributed by atoms with E-state index in [4.69, 9.17) is 0 Å². The van der Waals surface area contributed by atoms with Gasteiger partial charge in [0.1, 0.15) is 17.7 Å². The zero-order valence-electron chi connectivity index (χ0n) is 9.97. The Morgan fingerprint density at radius 3 is 2.58 bits per heavy atom. The lowest BCUT2D eigenvalue weighted by molar-refractivity contribution is -0.144. The van der Waals surface area contributed by atoms with Crippen LogP contribution in [0, 0.1) is 11.6 Å². The van der Waals surface area contributed by atoms with Gasteiger partial charge in [-0.1, -0.05) is 6.07 Å². The van der Waals surface area contributed by atoms with Crippen LogP contribution in [-0.4, -0.2) is 35.7 Å². The number of carbonyl (C=O) groups excluding carboxylic acids is 2.